The second kappa shape index (κ2) is 4.93. The van der Waals surface area contributed by atoms with Crippen molar-refractivity contribution in [3.63, 3.8) is 0 Å². The third kappa shape index (κ3) is 3.36. The van der Waals surface area contributed by atoms with E-state index in [4.69, 9.17) is 4.74 Å². The van der Waals surface area contributed by atoms with Crippen LogP contribution < -0.4 is 16.5 Å². The number of ether oxygens (including phenoxy) is 1. The summed E-state index contributed by atoms with van der Waals surface area (Å²) >= 11 is 0. The molecule has 0 saturated heterocycles. The first-order valence-electron chi connectivity index (χ1n) is 4.62. The molecule has 1 heterocycles. The van der Waals surface area contributed by atoms with Crippen molar-refractivity contribution in [2.45, 2.75) is 19.4 Å². The third-order valence-electron chi connectivity index (χ3n) is 1.96. The standard InChI is InChI=1S/C11H12O.H4N2O/c1-11(2)8-7-9-5-3-4-6-10(9)12-11;1-3-2/h3-8H,1-2H3;1-2H2. The molecule has 0 bridgehead atoms. The molecule has 0 amide bonds. The number of hydrogen-bond donors (Lipinski definition) is 2. The molecular formula is C11H16N2O2. The van der Waals surface area contributed by atoms with E-state index < -0.39 is 0 Å². The van der Waals surface area contributed by atoms with Crippen LogP contribution in [0.5, 0.6) is 5.75 Å². The van der Waals surface area contributed by atoms with Crippen molar-refractivity contribution in [3.8, 4) is 5.75 Å². The van der Waals surface area contributed by atoms with E-state index in [1.165, 1.54) is 0 Å². The van der Waals surface area contributed by atoms with Crippen molar-refractivity contribution in [1.82, 2.24) is 0 Å². The maximum atomic E-state index is 5.73. The van der Waals surface area contributed by atoms with E-state index in [0.29, 0.717) is 0 Å². The monoisotopic (exact) mass is 208 g/mol. The Kier molecular flexibility index (Phi) is 3.85. The lowest BCUT2D eigenvalue weighted by molar-refractivity contribution is 0.142. The molecule has 0 spiro atoms. The van der Waals surface area contributed by atoms with Crippen molar-refractivity contribution in [1.29, 1.82) is 0 Å². The molecule has 1 aromatic carbocycles. The van der Waals surface area contributed by atoms with Gasteiger partial charge in [0.2, 0.25) is 0 Å². The van der Waals surface area contributed by atoms with E-state index in [9.17, 15) is 0 Å². The van der Waals surface area contributed by atoms with Crippen LogP contribution in [0.1, 0.15) is 19.4 Å². The van der Waals surface area contributed by atoms with Crippen molar-refractivity contribution in [3.05, 3.63) is 35.9 Å². The van der Waals surface area contributed by atoms with E-state index in [-0.39, 0.29) is 5.60 Å². The Morgan fingerprint density at radius 2 is 1.80 bits per heavy atom. The molecule has 0 atom stereocenters. The first-order valence-corrected chi connectivity index (χ1v) is 4.62. The summed E-state index contributed by atoms with van der Waals surface area (Å²) in [5.41, 5.74) is 1.01. The lowest BCUT2D eigenvalue weighted by atomic mass is 10.0. The van der Waals surface area contributed by atoms with Crippen molar-refractivity contribution in [2.75, 3.05) is 0 Å². The lowest BCUT2D eigenvalue weighted by Crippen LogP contribution is -2.27. The molecule has 0 unspecified atom stereocenters. The van der Waals surface area contributed by atoms with Crippen molar-refractivity contribution < 1.29 is 9.68 Å². The molecule has 1 aromatic rings. The van der Waals surface area contributed by atoms with Crippen LogP contribution in [0.25, 0.3) is 6.08 Å². The molecule has 0 fully saturated rings. The highest BCUT2D eigenvalue weighted by molar-refractivity contribution is 5.60. The molecule has 0 saturated carbocycles. The Labute approximate surface area is 89.4 Å². The van der Waals surface area contributed by atoms with Gasteiger partial charge in [-0.25, -0.2) is 4.94 Å². The SMILES string of the molecule is CC1(C)C=Cc2ccccc2O1.NON. The molecule has 0 aromatic heterocycles. The fourth-order valence-corrected chi connectivity index (χ4v) is 1.32. The van der Waals surface area contributed by atoms with Crippen LogP contribution in [0.2, 0.25) is 0 Å². The van der Waals surface area contributed by atoms with Crippen LogP contribution in [0, 0.1) is 0 Å². The maximum absolute atomic E-state index is 5.73. The number of para-hydroxylation sites is 1. The quantitative estimate of drug-likeness (QED) is 0.635. The molecule has 4 nitrogen and oxygen atoms in total. The number of hydrogen-bond acceptors (Lipinski definition) is 4. The maximum Gasteiger partial charge on any atom is 0.127 e. The Balaban J connectivity index is 0.000000337. The Morgan fingerprint density at radius 1 is 1.20 bits per heavy atom. The first kappa shape index (κ1) is 11.7. The van der Waals surface area contributed by atoms with Gasteiger partial charge >= 0.3 is 0 Å². The summed E-state index contributed by atoms with van der Waals surface area (Å²) in [5.74, 6) is 9.23. The van der Waals surface area contributed by atoms with E-state index >= 15 is 0 Å². The Hall–Kier alpha value is -1.36. The predicted octanol–water partition coefficient (Wildman–Crippen LogP) is 1.62. The van der Waals surface area contributed by atoms with Gasteiger partial charge in [0.05, 0.1) is 0 Å². The first-order chi connectivity index (χ1) is 7.09. The highest BCUT2D eigenvalue weighted by atomic mass is 16.7. The van der Waals surface area contributed by atoms with Gasteiger partial charge in [0.1, 0.15) is 11.4 Å². The predicted molar refractivity (Wildman–Crippen MR) is 59.6 cm³/mol. The third-order valence-corrected chi connectivity index (χ3v) is 1.96. The average molecular weight is 208 g/mol. The molecule has 4 heteroatoms. The molecule has 82 valence electrons. The van der Waals surface area contributed by atoms with Crippen LogP contribution in [0.15, 0.2) is 30.3 Å². The molecular weight excluding hydrogens is 192 g/mol. The summed E-state index contributed by atoms with van der Waals surface area (Å²) in [6.45, 7) is 4.11. The Morgan fingerprint density at radius 3 is 2.47 bits per heavy atom. The number of benzene rings is 1. The van der Waals surface area contributed by atoms with Crippen LogP contribution in [0.4, 0.5) is 0 Å². The van der Waals surface area contributed by atoms with Gasteiger partial charge in [0.15, 0.2) is 0 Å². The zero-order valence-electron chi connectivity index (χ0n) is 8.94. The van der Waals surface area contributed by atoms with Crippen LogP contribution in [-0.4, -0.2) is 5.60 Å². The van der Waals surface area contributed by atoms with Crippen LogP contribution in [-0.2, 0) is 4.94 Å². The molecule has 0 radical (unpaired) electrons. The number of rotatable bonds is 0. The van der Waals surface area contributed by atoms with E-state index in [1.54, 1.807) is 0 Å². The summed E-state index contributed by atoms with van der Waals surface area (Å²) in [6.07, 6.45) is 4.19. The van der Waals surface area contributed by atoms with Gasteiger partial charge in [0, 0.05) is 5.56 Å². The van der Waals surface area contributed by atoms with Gasteiger partial charge < -0.3 is 4.74 Å². The van der Waals surface area contributed by atoms with Crippen LogP contribution >= 0.6 is 0 Å². The summed E-state index contributed by atoms with van der Waals surface area (Å²) in [7, 11) is 0. The molecule has 1 aliphatic rings. The van der Waals surface area contributed by atoms with E-state index in [2.05, 4.69) is 48.8 Å². The van der Waals surface area contributed by atoms with Gasteiger partial charge in [-0.15, -0.1) is 0 Å². The van der Waals surface area contributed by atoms with Crippen molar-refractivity contribution >= 4 is 6.08 Å². The fraction of sp³-hybridized carbons (Fsp3) is 0.273. The zero-order valence-corrected chi connectivity index (χ0v) is 8.94. The summed E-state index contributed by atoms with van der Waals surface area (Å²) < 4.78 is 5.73. The van der Waals surface area contributed by atoms with E-state index in [0.717, 1.165) is 11.3 Å². The molecule has 1 aliphatic heterocycles. The minimum Gasteiger partial charge on any atom is -0.483 e. The molecule has 2 rings (SSSR count). The van der Waals surface area contributed by atoms with Gasteiger partial charge in [-0.1, -0.05) is 24.3 Å². The van der Waals surface area contributed by atoms with Gasteiger partial charge in [-0.3, -0.25) is 0 Å². The minimum absolute atomic E-state index is 0.158. The van der Waals surface area contributed by atoms with Gasteiger partial charge in [0.25, 0.3) is 0 Å². The lowest BCUT2D eigenvalue weighted by Gasteiger charge is -2.27. The van der Waals surface area contributed by atoms with Gasteiger partial charge in [-0.2, -0.15) is 11.8 Å². The summed E-state index contributed by atoms with van der Waals surface area (Å²) in [4.78, 5) is 3.25. The normalized spacial score (nSPS) is 15.7. The van der Waals surface area contributed by atoms with E-state index in [1.807, 2.05) is 18.2 Å². The fourth-order valence-electron chi connectivity index (χ4n) is 1.32. The Bertz CT molecular complexity index is 348. The van der Waals surface area contributed by atoms with Crippen molar-refractivity contribution in [2.24, 2.45) is 11.8 Å². The smallest absolute Gasteiger partial charge is 0.127 e. The van der Waals surface area contributed by atoms with Crippen LogP contribution in [0.3, 0.4) is 0 Å². The molecule has 0 aliphatic carbocycles. The highest BCUT2D eigenvalue weighted by Crippen LogP contribution is 2.29. The topological polar surface area (TPSA) is 70.5 Å². The second-order valence-corrected chi connectivity index (χ2v) is 3.71. The minimum atomic E-state index is -0.158. The molecule has 15 heavy (non-hydrogen) atoms. The average Bonchev–Trinajstić information content (AvgIpc) is 2.17. The highest BCUT2D eigenvalue weighted by Gasteiger charge is 2.20. The van der Waals surface area contributed by atoms with Gasteiger partial charge in [-0.05, 0) is 26.0 Å². The second-order valence-electron chi connectivity index (χ2n) is 3.71. The number of fused-ring (bicyclic) bond motifs is 1. The molecule has 4 N–H and O–H groups in total. The summed E-state index contributed by atoms with van der Waals surface area (Å²) in [5, 5.41) is 0. The zero-order chi connectivity index (χ0) is 11.3. The number of nitrogens with two attached hydrogens (primary N) is 2. The largest absolute Gasteiger partial charge is 0.483 e. The summed E-state index contributed by atoms with van der Waals surface area (Å²) in [6, 6.07) is 8.07.